The van der Waals surface area contributed by atoms with Gasteiger partial charge >= 0.3 is 0 Å². The lowest BCUT2D eigenvalue weighted by Gasteiger charge is -2.33. The normalized spacial score (nSPS) is 11.8. The summed E-state index contributed by atoms with van der Waals surface area (Å²) in [5.41, 5.74) is 11.3. The largest absolute Gasteiger partial charge is 0.421 e. The average molecular weight is 403 g/mol. The Kier molecular flexibility index (Phi) is 5.64. The second kappa shape index (κ2) is 7.59. The predicted molar refractivity (Wildman–Crippen MR) is 129 cm³/mol. The molecule has 0 aliphatic heterocycles. The van der Waals surface area contributed by atoms with E-state index in [9.17, 15) is 4.80 Å². The maximum atomic E-state index is 12.8. The minimum atomic E-state index is -3.17. The standard InChI is InChI=1S/C27H34OSi/c1-16-10-13-25(22(7)19(16)4)29(28,26-14-11-17(2)20(5)23(26)8)27-15-12-18(3)21(6)24(27)9/h10-15,28H,1-9H3. The van der Waals surface area contributed by atoms with E-state index in [1.165, 1.54) is 50.1 Å². The van der Waals surface area contributed by atoms with Gasteiger partial charge in [-0.05, 0) is 128 Å². The van der Waals surface area contributed by atoms with Crippen molar-refractivity contribution in [3.05, 3.63) is 86.5 Å². The van der Waals surface area contributed by atoms with Gasteiger partial charge < -0.3 is 4.80 Å². The topological polar surface area (TPSA) is 20.2 Å². The number of aryl methyl sites for hydroxylation is 3. The van der Waals surface area contributed by atoms with Crippen molar-refractivity contribution in [1.82, 2.24) is 0 Å². The fourth-order valence-electron chi connectivity index (χ4n) is 4.48. The Morgan fingerprint density at radius 3 is 0.897 bits per heavy atom. The quantitative estimate of drug-likeness (QED) is 0.508. The molecule has 2 heteroatoms. The molecule has 0 saturated heterocycles. The first-order valence-electron chi connectivity index (χ1n) is 10.5. The molecular weight excluding hydrogens is 368 g/mol. The van der Waals surface area contributed by atoms with Crippen LogP contribution in [0.5, 0.6) is 0 Å². The van der Waals surface area contributed by atoms with E-state index >= 15 is 0 Å². The van der Waals surface area contributed by atoms with Crippen LogP contribution in [-0.2, 0) is 0 Å². The van der Waals surface area contributed by atoms with E-state index in [1.807, 2.05) is 0 Å². The maximum absolute atomic E-state index is 12.8. The van der Waals surface area contributed by atoms with Crippen LogP contribution in [0, 0.1) is 62.3 Å². The maximum Gasteiger partial charge on any atom is 0.286 e. The van der Waals surface area contributed by atoms with E-state index in [0.717, 1.165) is 15.6 Å². The molecule has 0 bridgehead atoms. The minimum absolute atomic E-state index is 1.11. The molecular formula is C27H34OSi. The highest BCUT2D eigenvalue weighted by molar-refractivity contribution is 7.06. The van der Waals surface area contributed by atoms with Crippen LogP contribution in [0.4, 0.5) is 0 Å². The molecule has 0 saturated carbocycles. The highest BCUT2D eigenvalue weighted by Gasteiger charge is 2.42. The Hall–Kier alpha value is -2.16. The number of hydrogen-bond acceptors (Lipinski definition) is 1. The van der Waals surface area contributed by atoms with E-state index in [-0.39, 0.29) is 0 Å². The smallest absolute Gasteiger partial charge is 0.286 e. The van der Waals surface area contributed by atoms with Gasteiger partial charge in [-0.3, -0.25) is 0 Å². The molecule has 29 heavy (non-hydrogen) atoms. The van der Waals surface area contributed by atoms with E-state index in [2.05, 4.69) is 98.7 Å². The van der Waals surface area contributed by atoms with Crippen molar-refractivity contribution < 1.29 is 4.80 Å². The first-order valence-corrected chi connectivity index (χ1v) is 12.4. The predicted octanol–water partition coefficient (Wildman–Crippen LogP) is 4.42. The Labute approximate surface area is 177 Å². The van der Waals surface area contributed by atoms with E-state index < -0.39 is 8.32 Å². The molecule has 0 amide bonds. The van der Waals surface area contributed by atoms with Crippen molar-refractivity contribution in [1.29, 1.82) is 0 Å². The molecule has 0 unspecified atom stereocenters. The lowest BCUT2D eigenvalue weighted by atomic mass is 10.0. The zero-order valence-electron chi connectivity index (χ0n) is 19.4. The van der Waals surface area contributed by atoms with Crippen LogP contribution < -0.4 is 15.6 Å². The summed E-state index contributed by atoms with van der Waals surface area (Å²) in [6.45, 7) is 19.5. The third-order valence-electron chi connectivity index (χ3n) is 7.34. The Balaban J connectivity index is 2.49. The molecule has 3 rings (SSSR count). The molecule has 0 heterocycles. The highest BCUT2D eigenvalue weighted by atomic mass is 28.4. The zero-order chi connectivity index (χ0) is 21.7. The Morgan fingerprint density at radius 1 is 0.414 bits per heavy atom. The second-order valence-electron chi connectivity index (χ2n) is 8.75. The molecule has 1 nitrogen and oxygen atoms in total. The van der Waals surface area contributed by atoms with Gasteiger partial charge in [0.1, 0.15) is 0 Å². The minimum Gasteiger partial charge on any atom is -0.421 e. The van der Waals surface area contributed by atoms with Crippen LogP contribution in [0.1, 0.15) is 50.1 Å². The Bertz CT molecular complexity index is 969. The van der Waals surface area contributed by atoms with Gasteiger partial charge in [-0.1, -0.05) is 36.4 Å². The fourth-order valence-corrected chi connectivity index (χ4v) is 8.51. The lowest BCUT2D eigenvalue weighted by Crippen LogP contribution is -2.69. The molecule has 3 aromatic carbocycles. The van der Waals surface area contributed by atoms with Crippen molar-refractivity contribution in [2.24, 2.45) is 0 Å². The van der Waals surface area contributed by atoms with Crippen molar-refractivity contribution in [3.63, 3.8) is 0 Å². The van der Waals surface area contributed by atoms with Gasteiger partial charge in [-0.25, -0.2) is 0 Å². The molecule has 0 fully saturated rings. The van der Waals surface area contributed by atoms with Gasteiger partial charge in [0.2, 0.25) is 0 Å². The second-order valence-corrected chi connectivity index (χ2v) is 11.8. The molecule has 0 radical (unpaired) electrons. The number of rotatable bonds is 3. The van der Waals surface area contributed by atoms with E-state index in [4.69, 9.17) is 0 Å². The van der Waals surface area contributed by atoms with E-state index in [1.54, 1.807) is 0 Å². The molecule has 0 spiro atoms. The number of benzene rings is 3. The van der Waals surface area contributed by atoms with Crippen LogP contribution in [0.25, 0.3) is 0 Å². The summed E-state index contributed by atoms with van der Waals surface area (Å²) in [6, 6.07) is 13.0. The van der Waals surface area contributed by atoms with Gasteiger partial charge in [0.25, 0.3) is 8.32 Å². The summed E-state index contributed by atoms with van der Waals surface area (Å²) in [6.07, 6.45) is 0. The summed E-state index contributed by atoms with van der Waals surface area (Å²) < 4.78 is 0. The molecule has 0 aliphatic carbocycles. The zero-order valence-corrected chi connectivity index (χ0v) is 20.4. The average Bonchev–Trinajstić information content (AvgIpc) is 2.68. The van der Waals surface area contributed by atoms with Gasteiger partial charge in [0, 0.05) is 0 Å². The monoisotopic (exact) mass is 402 g/mol. The van der Waals surface area contributed by atoms with Crippen LogP contribution in [0.15, 0.2) is 36.4 Å². The van der Waals surface area contributed by atoms with Gasteiger partial charge in [0.05, 0.1) is 0 Å². The van der Waals surface area contributed by atoms with Crippen molar-refractivity contribution in [3.8, 4) is 0 Å². The molecule has 0 aliphatic rings. The summed E-state index contributed by atoms with van der Waals surface area (Å²) in [5, 5.41) is 3.33. The first kappa shape index (κ1) is 21.5. The molecule has 1 N–H and O–H groups in total. The first-order chi connectivity index (χ1) is 13.5. The summed E-state index contributed by atoms with van der Waals surface area (Å²) in [5.74, 6) is 0. The lowest BCUT2D eigenvalue weighted by molar-refractivity contribution is 0.582. The fraction of sp³-hybridized carbons (Fsp3) is 0.333. The van der Waals surface area contributed by atoms with Crippen molar-refractivity contribution in [2.45, 2.75) is 62.3 Å². The third kappa shape index (κ3) is 3.29. The SMILES string of the molecule is Cc1ccc([Si](O)(c2ccc(C)c(C)c2C)c2ccc(C)c(C)c2C)c(C)c1C. The van der Waals surface area contributed by atoms with Crippen molar-refractivity contribution >= 4 is 23.9 Å². The third-order valence-corrected chi connectivity index (χ3v) is 11.3. The number of hydrogen-bond donors (Lipinski definition) is 1. The molecule has 0 atom stereocenters. The van der Waals surface area contributed by atoms with E-state index in [0.29, 0.717) is 0 Å². The summed E-state index contributed by atoms with van der Waals surface area (Å²) >= 11 is 0. The molecule has 0 aromatic heterocycles. The van der Waals surface area contributed by atoms with Gasteiger partial charge in [-0.2, -0.15) is 0 Å². The van der Waals surface area contributed by atoms with Crippen LogP contribution in [0.3, 0.4) is 0 Å². The molecule has 152 valence electrons. The van der Waals surface area contributed by atoms with Crippen molar-refractivity contribution in [2.75, 3.05) is 0 Å². The Morgan fingerprint density at radius 2 is 0.655 bits per heavy atom. The van der Waals surface area contributed by atoms with Gasteiger partial charge in [-0.15, -0.1) is 0 Å². The van der Waals surface area contributed by atoms with Crippen LogP contribution >= 0.6 is 0 Å². The highest BCUT2D eigenvalue weighted by Crippen LogP contribution is 2.20. The summed E-state index contributed by atoms with van der Waals surface area (Å²) in [4.78, 5) is 12.8. The van der Waals surface area contributed by atoms with Crippen LogP contribution in [-0.4, -0.2) is 13.1 Å². The van der Waals surface area contributed by atoms with Gasteiger partial charge in [0.15, 0.2) is 0 Å². The van der Waals surface area contributed by atoms with Crippen LogP contribution in [0.2, 0.25) is 0 Å². The summed E-state index contributed by atoms with van der Waals surface area (Å²) in [7, 11) is -3.17. The molecule has 3 aromatic rings.